The summed E-state index contributed by atoms with van der Waals surface area (Å²) in [5.74, 6) is 0. The van der Waals surface area contributed by atoms with Gasteiger partial charge in [0.1, 0.15) is 6.17 Å². The van der Waals surface area contributed by atoms with E-state index in [1.807, 2.05) is 0 Å². The number of rotatable bonds is 0. The molecule has 2 nitrogen and oxygen atoms in total. The molecule has 3 N–H and O–H groups in total. The Hall–Kier alpha value is 0.140. The molecular weight excluding hydrogens is 131 g/mol. The average Bonchev–Trinajstić information content (AvgIpc) is 1.91. The summed E-state index contributed by atoms with van der Waals surface area (Å²) in [5.41, 5.74) is 5.24. The smallest absolute Gasteiger partial charge is 0.129 e. The molecule has 1 aliphatic rings. The number of nitrogens with one attached hydrogen (secondary N) is 1. The lowest BCUT2D eigenvalue weighted by Gasteiger charge is -1.99. The van der Waals surface area contributed by atoms with Crippen molar-refractivity contribution < 1.29 is 4.39 Å². The normalized spacial score (nSPS) is 36.8. The Morgan fingerprint density at radius 2 is 2.12 bits per heavy atom. The molecule has 2 atom stereocenters. The minimum atomic E-state index is -0.819. The Labute approximate surface area is 54.0 Å². The second-order valence-electron chi connectivity index (χ2n) is 1.84. The van der Waals surface area contributed by atoms with Crippen LogP contribution in [0.25, 0.3) is 0 Å². The van der Waals surface area contributed by atoms with Gasteiger partial charge in [0.2, 0.25) is 0 Å². The topological polar surface area (TPSA) is 38.0 Å². The van der Waals surface area contributed by atoms with E-state index in [4.69, 9.17) is 5.73 Å². The van der Waals surface area contributed by atoms with Gasteiger partial charge in [-0.25, -0.2) is 4.39 Å². The summed E-state index contributed by atoms with van der Waals surface area (Å²) in [5, 5.41) is 2.82. The van der Waals surface area contributed by atoms with Crippen molar-refractivity contribution in [1.29, 1.82) is 0 Å². The molecule has 0 amide bonds. The number of hydrogen-bond donors (Lipinski definition) is 2. The molecule has 0 aliphatic carbocycles. The van der Waals surface area contributed by atoms with E-state index in [9.17, 15) is 4.39 Å². The predicted octanol–water partition coefficient (Wildman–Crippen LogP) is -0.323. The van der Waals surface area contributed by atoms with Gasteiger partial charge in [0.05, 0.1) is 0 Å². The Morgan fingerprint density at radius 3 is 2.25 bits per heavy atom. The standard InChI is InChI=1S/C4H9FN2.ClH/c5-3-1-7-2-4(3)6;/h3-4,7H,1-2,6H2;1H. The Bertz CT molecular complexity index is 63.1. The molecule has 1 fully saturated rings. The third kappa shape index (κ3) is 1.58. The monoisotopic (exact) mass is 140 g/mol. The molecule has 50 valence electrons. The van der Waals surface area contributed by atoms with Crippen LogP contribution in [0.15, 0.2) is 0 Å². The summed E-state index contributed by atoms with van der Waals surface area (Å²) >= 11 is 0. The Balaban J connectivity index is 0.000000490. The van der Waals surface area contributed by atoms with Gasteiger partial charge in [-0.2, -0.15) is 0 Å². The zero-order valence-corrected chi connectivity index (χ0v) is 5.25. The lowest BCUT2D eigenvalue weighted by Crippen LogP contribution is -2.29. The molecule has 0 aromatic heterocycles. The number of hydrogen-bond acceptors (Lipinski definition) is 2. The molecule has 2 unspecified atom stereocenters. The second kappa shape index (κ2) is 3.22. The van der Waals surface area contributed by atoms with Crippen LogP contribution in [-0.4, -0.2) is 25.3 Å². The molecule has 8 heavy (non-hydrogen) atoms. The van der Waals surface area contributed by atoms with Gasteiger partial charge in [-0.1, -0.05) is 0 Å². The van der Waals surface area contributed by atoms with Crippen molar-refractivity contribution in [2.45, 2.75) is 12.2 Å². The maximum atomic E-state index is 12.1. The highest BCUT2D eigenvalue weighted by atomic mass is 35.5. The molecule has 1 aliphatic heterocycles. The van der Waals surface area contributed by atoms with Gasteiger partial charge in [0, 0.05) is 19.1 Å². The van der Waals surface area contributed by atoms with Crippen molar-refractivity contribution >= 4 is 12.4 Å². The van der Waals surface area contributed by atoms with Gasteiger partial charge in [0.15, 0.2) is 0 Å². The van der Waals surface area contributed by atoms with Gasteiger partial charge in [-0.3, -0.25) is 0 Å². The van der Waals surface area contributed by atoms with E-state index in [0.29, 0.717) is 13.1 Å². The van der Waals surface area contributed by atoms with Gasteiger partial charge in [-0.15, -0.1) is 12.4 Å². The van der Waals surface area contributed by atoms with Crippen LogP contribution in [0.5, 0.6) is 0 Å². The van der Waals surface area contributed by atoms with Crippen molar-refractivity contribution in [1.82, 2.24) is 5.32 Å². The molecule has 1 rings (SSSR count). The summed E-state index contributed by atoms with van der Waals surface area (Å²) in [4.78, 5) is 0. The molecule has 0 spiro atoms. The fraction of sp³-hybridized carbons (Fsp3) is 1.00. The highest BCUT2D eigenvalue weighted by molar-refractivity contribution is 5.85. The summed E-state index contributed by atoms with van der Waals surface area (Å²) in [6.45, 7) is 1.06. The minimum absolute atomic E-state index is 0. The molecule has 0 aromatic rings. The molecular formula is C4H10ClFN2. The summed E-state index contributed by atoms with van der Waals surface area (Å²) in [6.07, 6.45) is -0.819. The van der Waals surface area contributed by atoms with Crippen LogP contribution < -0.4 is 11.1 Å². The largest absolute Gasteiger partial charge is 0.324 e. The zero-order chi connectivity index (χ0) is 5.28. The number of alkyl halides is 1. The van der Waals surface area contributed by atoms with Crippen molar-refractivity contribution in [3.8, 4) is 0 Å². The zero-order valence-electron chi connectivity index (χ0n) is 4.43. The van der Waals surface area contributed by atoms with Crippen LogP contribution in [-0.2, 0) is 0 Å². The second-order valence-corrected chi connectivity index (χ2v) is 1.84. The van der Waals surface area contributed by atoms with Crippen LogP contribution in [0.3, 0.4) is 0 Å². The van der Waals surface area contributed by atoms with E-state index in [1.165, 1.54) is 0 Å². The fourth-order valence-corrected chi connectivity index (χ4v) is 0.667. The summed E-state index contributed by atoms with van der Waals surface area (Å²) in [7, 11) is 0. The quantitative estimate of drug-likeness (QED) is 0.484. The first-order valence-electron chi connectivity index (χ1n) is 2.41. The third-order valence-electron chi connectivity index (χ3n) is 1.18. The fourth-order valence-electron chi connectivity index (χ4n) is 0.667. The van der Waals surface area contributed by atoms with E-state index >= 15 is 0 Å². The molecule has 1 saturated heterocycles. The first kappa shape index (κ1) is 8.14. The lowest BCUT2D eigenvalue weighted by atomic mass is 10.3. The highest BCUT2D eigenvalue weighted by Crippen LogP contribution is 1.99. The van der Waals surface area contributed by atoms with E-state index in [0.717, 1.165) is 0 Å². The molecule has 0 saturated carbocycles. The van der Waals surface area contributed by atoms with Crippen LogP contribution in [0.1, 0.15) is 0 Å². The van der Waals surface area contributed by atoms with E-state index < -0.39 is 6.17 Å². The molecule has 0 radical (unpaired) electrons. The molecule has 0 bridgehead atoms. The van der Waals surface area contributed by atoms with Crippen LogP contribution >= 0.6 is 12.4 Å². The highest BCUT2D eigenvalue weighted by Gasteiger charge is 2.21. The molecule has 1 heterocycles. The van der Waals surface area contributed by atoms with E-state index in [2.05, 4.69) is 5.32 Å². The van der Waals surface area contributed by atoms with Crippen molar-refractivity contribution in [2.24, 2.45) is 5.73 Å². The first-order chi connectivity index (χ1) is 3.30. The summed E-state index contributed by atoms with van der Waals surface area (Å²) in [6, 6.07) is -0.264. The SMILES string of the molecule is Cl.NC1CNCC1F. The van der Waals surface area contributed by atoms with Gasteiger partial charge in [-0.05, 0) is 0 Å². The van der Waals surface area contributed by atoms with Crippen molar-refractivity contribution in [2.75, 3.05) is 13.1 Å². The van der Waals surface area contributed by atoms with Crippen molar-refractivity contribution in [3.63, 3.8) is 0 Å². The third-order valence-corrected chi connectivity index (χ3v) is 1.18. The van der Waals surface area contributed by atoms with Crippen LogP contribution in [0, 0.1) is 0 Å². The minimum Gasteiger partial charge on any atom is -0.324 e. The first-order valence-corrected chi connectivity index (χ1v) is 2.41. The number of halogens is 2. The molecule has 0 aromatic carbocycles. The van der Waals surface area contributed by atoms with Gasteiger partial charge >= 0.3 is 0 Å². The predicted molar refractivity (Wildman–Crippen MR) is 33.0 cm³/mol. The van der Waals surface area contributed by atoms with E-state index in [1.54, 1.807) is 0 Å². The summed E-state index contributed by atoms with van der Waals surface area (Å²) < 4.78 is 12.1. The van der Waals surface area contributed by atoms with Crippen molar-refractivity contribution in [3.05, 3.63) is 0 Å². The van der Waals surface area contributed by atoms with E-state index in [-0.39, 0.29) is 18.4 Å². The number of nitrogens with two attached hydrogens (primary N) is 1. The average molecular weight is 141 g/mol. The van der Waals surface area contributed by atoms with Gasteiger partial charge in [0.25, 0.3) is 0 Å². The maximum absolute atomic E-state index is 12.1. The van der Waals surface area contributed by atoms with Crippen LogP contribution in [0.2, 0.25) is 0 Å². The maximum Gasteiger partial charge on any atom is 0.129 e. The Morgan fingerprint density at radius 1 is 1.50 bits per heavy atom. The lowest BCUT2D eigenvalue weighted by molar-refractivity contribution is 0.332. The van der Waals surface area contributed by atoms with Crippen LogP contribution in [0.4, 0.5) is 4.39 Å². The molecule has 4 heteroatoms. The van der Waals surface area contributed by atoms with Gasteiger partial charge < -0.3 is 11.1 Å². The Kier molecular flexibility index (Phi) is 3.28.